The highest BCUT2D eigenvalue weighted by Gasteiger charge is 2.21. The average Bonchev–Trinajstić information content (AvgIpc) is 2.76. The summed E-state index contributed by atoms with van der Waals surface area (Å²) in [6.07, 6.45) is 0. The van der Waals surface area contributed by atoms with Gasteiger partial charge in [-0.25, -0.2) is 9.37 Å². The summed E-state index contributed by atoms with van der Waals surface area (Å²) in [5.74, 6) is -0.349. The molecule has 0 atom stereocenters. The number of rotatable bonds is 2. The zero-order valence-corrected chi connectivity index (χ0v) is 17.9. The average molecular weight is 425 g/mol. The van der Waals surface area contributed by atoms with Crippen molar-refractivity contribution in [2.24, 2.45) is 7.05 Å². The largest absolute Gasteiger partial charge is 0.328 e. The number of aryl methyl sites for hydroxylation is 3. The zero-order valence-electron chi connectivity index (χ0n) is 17.9. The number of fused-ring (bicyclic) bond motifs is 2. The van der Waals surface area contributed by atoms with E-state index in [1.54, 1.807) is 48.0 Å². The zero-order chi connectivity index (χ0) is 22.6. The molecule has 0 spiro atoms. The standard InChI is InChI=1S/C26H20FN3O2/c1-15-12-16(2)14-17(13-15)30-24(18-8-4-6-10-20(18)27)28-25-22(26(30)32)23(31)19-9-5-7-11-21(19)29(25)3/h4-14H,1-3H3. The second-order valence-electron chi connectivity index (χ2n) is 8.01. The minimum absolute atomic E-state index is 0.0227. The van der Waals surface area contributed by atoms with E-state index in [9.17, 15) is 14.0 Å². The lowest BCUT2D eigenvalue weighted by Crippen LogP contribution is -2.28. The molecule has 2 heterocycles. The number of halogens is 1. The summed E-state index contributed by atoms with van der Waals surface area (Å²) in [4.78, 5) is 31.9. The van der Waals surface area contributed by atoms with Crippen molar-refractivity contribution < 1.29 is 4.39 Å². The molecule has 0 saturated heterocycles. The van der Waals surface area contributed by atoms with Crippen molar-refractivity contribution in [1.29, 1.82) is 0 Å². The Morgan fingerprint density at radius 3 is 2.25 bits per heavy atom. The number of hydrogen-bond acceptors (Lipinski definition) is 3. The molecule has 32 heavy (non-hydrogen) atoms. The summed E-state index contributed by atoms with van der Waals surface area (Å²) >= 11 is 0. The molecule has 5 nitrogen and oxygen atoms in total. The van der Waals surface area contributed by atoms with E-state index in [0.717, 1.165) is 11.1 Å². The first-order valence-electron chi connectivity index (χ1n) is 10.2. The van der Waals surface area contributed by atoms with Crippen LogP contribution in [0.2, 0.25) is 0 Å². The molecule has 0 aliphatic heterocycles. The van der Waals surface area contributed by atoms with E-state index in [4.69, 9.17) is 4.98 Å². The minimum atomic E-state index is -0.524. The van der Waals surface area contributed by atoms with E-state index in [-0.39, 0.29) is 27.9 Å². The van der Waals surface area contributed by atoms with E-state index in [1.807, 2.05) is 38.1 Å². The lowest BCUT2D eigenvalue weighted by Gasteiger charge is -2.17. The Balaban J connectivity index is 2.05. The van der Waals surface area contributed by atoms with Crippen LogP contribution in [0.4, 0.5) is 4.39 Å². The third-order valence-corrected chi connectivity index (χ3v) is 5.70. The van der Waals surface area contributed by atoms with Gasteiger partial charge in [-0.3, -0.25) is 14.2 Å². The van der Waals surface area contributed by atoms with Crippen LogP contribution in [0.3, 0.4) is 0 Å². The summed E-state index contributed by atoms with van der Waals surface area (Å²) in [6, 6.07) is 18.9. The van der Waals surface area contributed by atoms with Crippen LogP contribution in [-0.4, -0.2) is 14.1 Å². The molecule has 0 saturated carbocycles. The first-order chi connectivity index (χ1) is 15.4. The molecule has 2 aromatic heterocycles. The van der Waals surface area contributed by atoms with Crippen LogP contribution in [-0.2, 0) is 7.05 Å². The first-order valence-corrected chi connectivity index (χ1v) is 10.2. The first kappa shape index (κ1) is 19.9. The van der Waals surface area contributed by atoms with E-state index in [1.165, 1.54) is 10.6 Å². The Labute approximate surface area is 183 Å². The van der Waals surface area contributed by atoms with Gasteiger partial charge in [0.25, 0.3) is 5.56 Å². The van der Waals surface area contributed by atoms with Gasteiger partial charge in [0.2, 0.25) is 5.43 Å². The molecule has 0 radical (unpaired) electrons. The summed E-state index contributed by atoms with van der Waals surface area (Å²) in [7, 11) is 1.75. The van der Waals surface area contributed by atoms with Crippen LogP contribution in [0.5, 0.6) is 0 Å². The minimum Gasteiger partial charge on any atom is -0.328 e. The van der Waals surface area contributed by atoms with Gasteiger partial charge in [0.1, 0.15) is 11.2 Å². The van der Waals surface area contributed by atoms with Gasteiger partial charge in [-0.2, -0.15) is 0 Å². The Hall–Kier alpha value is -4.06. The van der Waals surface area contributed by atoms with Crippen molar-refractivity contribution in [3.05, 3.63) is 104 Å². The fraction of sp³-hybridized carbons (Fsp3) is 0.115. The maximum atomic E-state index is 14.9. The van der Waals surface area contributed by atoms with Gasteiger partial charge in [0, 0.05) is 12.4 Å². The van der Waals surface area contributed by atoms with Crippen molar-refractivity contribution >= 4 is 21.9 Å². The third-order valence-electron chi connectivity index (χ3n) is 5.70. The Morgan fingerprint density at radius 1 is 0.875 bits per heavy atom. The fourth-order valence-corrected chi connectivity index (χ4v) is 4.30. The number of benzene rings is 3. The molecule has 0 unspecified atom stereocenters. The van der Waals surface area contributed by atoms with Gasteiger partial charge in [0.15, 0.2) is 11.5 Å². The van der Waals surface area contributed by atoms with E-state index < -0.39 is 11.4 Å². The van der Waals surface area contributed by atoms with E-state index >= 15 is 0 Å². The number of pyridine rings is 1. The summed E-state index contributed by atoms with van der Waals surface area (Å²) in [6.45, 7) is 3.84. The van der Waals surface area contributed by atoms with Gasteiger partial charge < -0.3 is 4.57 Å². The molecule has 0 N–H and O–H groups in total. The van der Waals surface area contributed by atoms with Crippen LogP contribution < -0.4 is 11.0 Å². The molecule has 0 amide bonds. The number of para-hydroxylation sites is 1. The van der Waals surface area contributed by atoms with Crippen LogP contribution in [0.1, 0.15) is 11.1 Å². The Kier molecular flexibility index (Phi) is 4.51. The molecule has 0 aliphatic carbocycles. The third kappa shape index (κ3) is 2.95. The molecule has 5 rings (SSSR count). The predicted molar refractivity (Wildman–Crippen MR) is 125 cm³/mol. The second kappa shape index (κ2) is 7.27. The van der Waals surface area contributed by atoms with Crippen molar-refractivity contribution in [3.8, 4) is 17.1 Å². The summed E-state index contributed by atoms with van der Waals surface area (Å²) in [5, 5.41) is 0.414. The molecule has 0 aliphatic rings. The highest BCUT2D eigenvalue weighted by Crippen LogP contribution is 2.26. The highest BCUT2D eigenvalue weighted by atomic mass is 19.1. The van der Waals surface area contributed by atoms with Gasteiger partial charge >= 0.3 is 0 Å². The number of hydrogen-bond donors (Lipinski definition) is 0. The van der Waals surface area contributed by atoms with E-state index in [0.29, 0.717) is 16.6 Å². The Morgan fingerprint density at radius 2 is 1.53 bits per heavy atom. The van der Waals surface area contributed by atoms with Crippen LogP contribution in [0, 0.1) is 19.7 Å². The SMILES string of the molecule is Cc1cc(C)cc(-n2c(-c3ccccc3F)nc3c(c(=O)c4ccccc4n3C)c2=O)c1. The fourth-order valence-electron chi connectivity index (χ4n) is 4.30. The van der Waals surface area contributed by atoms with Gasteiger partial charge in [-0.05, 0) is 61.4 Å². The maximum absolute atomic E-state index is 14.9. The van der Waals surface area contributed by atoms with E-state index in [2.05, 4.69) is 0 Å². The van der Waals surface area contributed by atoms with Crippen LogP contribution in [0.25, 0.3) is 39.0 Å². The lowest BCUT2D eigenvalue weighted by atomic mass is 10.1. The number of nitrogens with zero attached hydrogens (tertiary/aromatic N) is 3. The van der Waals surface area contributed by atoms with Crippen LogP contribution in [0.15, 0.2) is 76.3 Å². The predicted octanol–water partition coefficient (Wildman–Crippen LogP) is 4.66. The lowest BCUT2D eigenvalue weighted by molar-refractivity contribution is 0.629. The van der Waals surface area contributed by atoms with Crippen LogP contribution >= 0.6 is 0 Å². The summed E-state index contributed by atoms with van der Waals surface area (Å²) < 4.78 is 17.9. The molecular formula is C26H20FN3O2. The quantitative estimate of drug-likeness (QED) is 0.387. The molecule has 0 fully saturated rings. The summed E-state index contributed by atoms with van der Waals surface area (Å²) in [5.41, 5.74) is 2.57. The van der Waals surface area contributed by atoms with Crippen molar-refractivity contribution in [2.75, 3.05) is 0 Å². The van der Waals surface area contributed by atoms with Crippen molar-refractivity contribution in [1.82, 2.24) is 14.1 Å². The van der Waals surface area contributed by atoms with Gasteiger partial charge in [-0.15, -0.1) is 0 Å². The molecular weight excluding hydrogens is 405 g/mol. The molecule has 6 heteroatoms. The smallest absolute Gasteiger partial charge is 0.271 e. The second-order valence-corrected chi connectivity index (χ2v) is 8.01. The Bertz CT molecular complexity index is 1640. The number of aromatic nitrogens is 3. The van der Waals surface area contributed by atoms with Gasteiger partial charge in [-0.1, -0.05) is 30.3 Å². The normalized spacial score (nSPS) is 11.4. The van der Waals surface area contributed by atoms with Crippen molar-refractivity contribution in [2.45, 2.75) is 13.8 Å². The molecule has 3 aromatic carbocycles. The monoisotopic (exact) mass is 425 g/mol. The topological polar surface area (TPSA) is 56.9 Å². The maximum Gasteiger partial charge on any atom is 0.271 e. The van der Waals surface area contributed by atoms with Gasteiger partial charge in [0.05, 0.1) is 16.8 Å². The molecule has 5 aromatic rings. The molecule has 0 bridgehead atoms. The van der Waals surface area contributed by atoms with Crippen molar-refractivity contribution in [3.63, 3.8) is 0 Å². The molecule has 158 valence electrons. The highest BCUT2D eigenvalue weighted by molar-refractivity contribution is 5.92.